The van der Waals surface area contributed by atoms with Crippen LogP contribution in [0.2, 0.25) is 0 Å². The summed E-state index contributed by atoms with van der Waals surface area (Å²) in [5, 5.41) is 16.3. The van der Waals surface area contributed by atoms with Crippen molar-refractivity contribution < 1.29 is 14.5 Å². The van der Waals surface area contributed by atoms with Crippen molar-refractivity contribution in [1.82, 2.24) is 5.32 Å². The molecule has 8 heteroatoms. The number of nitro groups is 1. The van der Waals surface area contributed by atoms with Gasteiger partial charge < -0.3 is 10.6 Å². The number of rotatable bonds is 7. The summed E-state index contributed by atoms with van der Waals surface area (Å²) in [6.07, 6.45) is 2.07. The fraction of sp³-hybridized carbons (Fsp3) is 0.222. The van der Waals surface area contributed by atoms with Crippen molar-refractivity contribution in [1.29, 1.82) is 0 Å². The molecule has 0 saturated heterocycles. The SMILES string of the molecule is O=C(CSc1ccc([N+](=O)[O-])cc1)Nc1ccc(C(=O)NC2CC2)cc1. The normalized spacial score (nSPS) is 13.1. The molecular formula is C18H17N3O4S. The number of nitrogens with one attached hydrogen (secondary N) is 2. The first-order valence-electron chi connectivity index (χ1n) is 8.09. The van der Waals surface area contributed by atoms with Crippen LogP contribution in [0, 0.1) is 10.1 Å². The second-order valence-electron chi connectivity index (χ2n) is 5.91. The van der Waals surface area contributed by atoms with Gasteiger partial charge in [0, 0.05) is 34.3 Å². The number of nitro benzene ring substituents is 1. The van der Waals surface area contributed by atoms with Gasteiger partial charge in [-0.05, 0) is 49.2 Å². The van der Waals surface area contributed by atoms with Crippen LogP contribution < -0.4 is 10.6 Å². The van der Waals surface area contributed by atoms with E-state index in [1.807, 2.05) is 0 Å². The minimum atomic E-state index is -0.463. The molecule has 26 heavy (non-hydrogen) atoms. The Hall–Kier alpha value is -2.87. The molecule has 1 aliphatic carbocycles. The minimum Gasteiger partial charge on any atom is -0.349 e. The van der Waals surface area contributed by atoms with Crippen LogP contribution in [0.4, 0.5) is 11.4 Å². The molecule has 0 aromatic heterocycles. The Labute approximate surface area is 154 Å². The smallest absolute Gasteiger partial charge is 0.269 e. The maximum atomic E-state index is 12.0. The van der Waals surface area contributed by atoms with Crippen LogP contribution in [0.25, 0.3) is 0 Å². The fourth-order valence-corrected chi connectivity index (χ4v) is 2.91. The molecule has 0 atom stereocenters. The Morgan fingerprint density at radius 1 is 1.08 bits per heavy atom. The number of thioether (sulfide) groups is 1. The molecule has 2 aromatic carbocycles. The number of benzene rings is 2. The van der Waals surface area contributed by atoms with Crippen LogP contribution in [-0.4, -0.2) is 28.5 Å². The van der Waals surface area contributed by atoms with Crippen molar-refractivity contribution in [3.8, 4) is 0 Å². The number of hydrogen-bond donors (Lipinski definition) is 2. The van der Waals surface area contributed by atoms with Crippen LogP contribution in [0.5, 0.6) is 0 Å². The predicted molar refractivity (Wildman–Crippen MR) is 99.4 cm³/mol. The van der Waals surface area contributed by atoms with Crippen molar-refractivity contribution in [2.24, 2.45) is 0 Å². The molecule has 0 unspecified atom stereocenters. The number of anilines is 1. The van der Waals surface area contributed by atoms with E-state index in [9.17, 15) is 19.7 Å². The van der Waals surface area contributed by atoms with E-state index >= 15 is 0 Å². The lowest BCUT2D eigenvalue weighted by atomic mass is 10.2. The largest absolute Gasteiger partial charge is 0.349 e. The molecule has 1 aliphatic rings. The van der Waals surface area contributed by atoms with E-state index in [-0.39, 0.29) is 23.3 Å². The topological polar surface area (TPSA) is 101 Å². The third-order valence-electron chi connectivity index (χ3n) is 3.76. The van der Waals surface area contributed by atoms with E-state index in [4.69, 9.17) is 0 Å². The molecule has 2 N–H and O–H groups in total. The van der Waals surface area contributed by atoms with Gasteiger partial charge in [-0.2, -0.15) is 0 Å². The van der Waals surface area contributed by atoms with Crippen LogP contribution >= 0.6 is 11.8 Å². The maximum absolute atomic E-state index is 12.0. The number of nitrogens with zero attached hydrogens (tertiary/aromatic N) is 1. The lowest BCUT2D eigenvalue weighted by Crippen LogP contribution is -2.25. The molecule has 3 rings (SSSR count). The minimum absolute atomic E-state index is 0.0182. The molecule has 1 saturated carbocycles. The predicted octanol–water partition coefficient (Wildman–Crippen LogP) is 3.22. The molecule has 2 amide bonds. The first-order chi connectivity index (χ1) is 12.5. The summed E-state index contributed by atoms with van der Waals surface area (Å²) in [5.41, 5.74) is 1.20. The Bertz CT molecular complexity index is 817. The zero-order chi connectivity index (χ0) is 18.5. The van der Waals surface area contributed by atoms with E-state index in [1.54, 1.807) is 36.4 Å². The zero-order valence-corrected chi connectivity index (χ0v) is 14.6. The Kier molecular flexibility index (Phi) is 5.52. The highest BCUT2D eigenvalue weighted by Crippen LogP contribution is 2.22. The number of carbonyl (C=O) groups is 2. The average Bonchev–Trinajstić information content (AvgIpc) is 3.45. The summed E-state index contributed by atoms with van der Waals surface area (Å²) in [6, 6.07) is 13.1. The third-order valence-corrected chi connectivity index (χ3v) is 4.77. The van der Waals surface area contributed by atoms with E-state index in [1.165, 1.54) is 23.9 Å². The van der Waals surface area contributed by atoms with Gasteiger partial charge in [0.05, 0.1) is 10.7 Å². The maximum Gasteiger partial charge on any atom is 0.269 e. The molecule has 134 valence electrons. The Morgan fingerprint density at radius 2 is 1.73 bits per heavy atom. The zero-order valence-electron chi connectivity index (χ0n) is 13.8. The fourth-order valence-electron chi connectivity index (χ4n) is 2.21. The highest BCUT2D eigenvalue weighted by atomic mass is 32.2. The van der Waals surface area contributed by atoms with Crippen LogP contribution in [-0.2, 0) is 4.79 Å². The van der Waals surface area contributed by atoms with Crippen LogP contribution in [0.1, 0.15) is 23.2 Å². The highest BCUT2D eigenvalue weighted by molar-refractivity contribution is 8.00. The van der Waals surface area contributed by atoms with Crippen molar-refractivity contribution in [3.05, 3.63) is 64.2 Å². The molecule has 7 nitrogen and oxygen atoms in total. The van der Waals surface area contributed by atoms with Gasteiger partial charge >= 0.3 is 0 Å². The van der Waals surface area contributed by atoms with Crippen molar-refractivity contribution in [2.45, 2.75) is 23.8 Å². The van der Waals surface area contributed by atoms with Crippen molar-refractivity contribution in [2.75, 3.05) is 11.1 Å². The molecule has 1 fully saturated rings. The van der Waals surface area contributed by atoms with Gasteiger partial charge in [0.25, 0.3) is 11.6 Å². The highest BCUT2D eigenvalue weighted by Gasteiger charge is 2.23. The number of non-ortho nitro benzene ring substituents is 1. The molecule has 0 spiro atoms. The van der Waals surface area contributed by atoms with E-state index in [0.717, 1.165) is 17.7 Å². The van der Waals surface area contributed by atoms with E-state index in [0.29, 0.717) is 17.3 Å². The average molecular weight is 371 g/mol. The first kappa shape index (κ1) is 17.9. The lowest BCUT2D eigenvalue weighted by molar-refractivity contribution is -0.384. The second kappa shape index (κ2) is 8.01. The lowest BCUT2D eigenvalue weighted by Gasteiger charge is -2.07. The Morgan fingerprint density at radius 3 is 2.31 bits per heavy atom. The molecule has 2 aromatic rings. The Balaban J connectivity index is 1.48. The molecule has 0 bridgehead atoms. The van der Waals surface area contributed by atoms with Gasteiger partial charge in [0.15, 0.2) is 0 Å². The van der Waals surface area contributed by atoms with Gasteiger partial charge in [0.1, 0.15) is 0 Å². The van der Waals surface area contributed by atoms with Gasteiger partial charge in [-0.15, -0.1) is 11.8 Å². The summed E-state index contributed by atoms with van der Waals surface area (Å²) in [5.74, 6) is -0.107. The summed E-state index contributed by atoms with van der Waals surface area (Å²) in [6.45, 7) is 0. The molecule has 0 radical (unpaired) electrons. The van der Waals surface area contributed by atoms with Gasteiger partial charge in [0.2, 0.25) is 5.91 Å². The van der Waals surface area contributed by atoms with Crippen LogP contribution in [0.15, 0.2) is 53.4 Å². The molecular weight excluding hydrogens is 354 g/mol. The third kappa shape index (κ3) is 5.06. The second-order valence-corrected chi connectivity index (χ2v) is 6.96. The standard InChI is InChI=1S/C18H17N3O4S/c22-17(11-26-16-9-7-15(8-10-16)21(24)25)19-13-3-1-12(2-4-13)18(23)20-14-5-6-14/h1-4,7-10,14H,5-6,11H2,(H,19,22)(H,20,23). The summed E-state index contributed by atoms with van der Waals surface area (Å²) in [7, 11) is 0. The molecule has 0 aliphatic heterocycles. The van der Waals surface area contributed by atoms with E-state index < -0.39 is 4.92 Å². The van der Waals surface area contributed by atoms with E-state index in [2.05, 4.69) is 10.6 Å². The van der Waals surface area contributed by atoms with Gasteiger partial charge in [-0.1, -0.05) is 0 Å². The summed E-state index contributed by atoms with van der Waals surface area (Å²) < 4.78 is 0. The van der Waals surface area contributed by atoms with Gasteiger partial charge in [-0.25, -0.2) is 0 Å². The van der Waals surface area contributed by atoms with Crippen molar-refractivity contribution in [3.63, 3.8) is 0 Å². The monoisotopic (exact) mass is 371 g/mol. The number of amides is 2. The molecule has 0 heterocycles. The number of hydrogen-bond acceptors (Lipinski definition) is 5. The summed E-state index contributed by atoms with van der Waals surface area (Å²) >= 11 is 1.29. The van der Waals surface area contributed by atoms with Crippen molar-refractivity contribution >= 4 is 35.0 Å². The number of carbonyl (C=O) groups excluding carboxylic acids is 2. The van der Waals surface area contributed by atoms with Crippen LogP contribution in [0.3, 0.4) is 0 Å². The quantitative estimate of drug-likeness (QED) is 0.442. The first-order valence-corrected chi connectivity index (χ1v) is 9.08. The summed E-state index contributed by atoms with van der Waals surface area (Å²) in [4.78, 5) is 34.9. The van der Waals surface area contributed by atoms with Gasteiger partial charge in [-0.3, -0.25) is 19.7 Å².